The number of rotatable bonds is 5. The predicted molar refractivity (Wildman–Crippen MR) is 91.8 cm³/mol. The monoisotopic (exact) mass is 349 g/mol. The first kappa shape index (κ1) is 17.1. The number of aromatic nitrogens is 1. The molecule has 1 amide bonds. The van der Waals surface area contributed by atoms with Crippen molar-refractivity contribution in [3.63, 3.8) is 0 Å². The summed E-state index contributed by atoms with van der Waals surface area (Å²) in [5.41, 5.74) is 0.341. The van der Waals surface area contributed by atoms with Gasteiger partial charge < -0.3 is 14.5 Å². The van der Waals surface area contributed by atoms with Crippen molar-refractivity contribution in [3.05, 3.63) is 39.9 Å². The fourth-order valence-electron chi connectivity index (χ4n) is 2.86. The van der Waals surface area contributed by atoms with E-state index in [1.807, 2.05) is 24.4 Å². The largest absolute Gasteiger partial charge is 0.393 e. The summed E-state index contributed by atoms with van der Waals surface area (Å²) in [7, 11) is 1.78. The summed E-state index contributed by atoms with van der Waals surface area (Å²) >= 11 is 1.64. The summed E-state index contributed by atoms with van der Waals surface area (Å²) in [6.07, 6.45) is 1.36. The highest BCUT2D eigenvalue weighted by atomic mass is 32.1. The molecule has 2 aromatic heterocycles. The number of piperidine rings is 1. The molecule has 0 saturated carbocycles. The first-order valence-corrected chi connectivity index (χ1v) is 9.09. The van der Waals surface area contributed by atoms with Crippen molar-refractivity contribution in [2.75, 3.05) is 20.1 Å². The van der Waals surface area contributed by atoms with Crippen molar-refractivity contribution < 1.29 is 14.4 Å². The van der Waals surface area contributed by atoms with Gasteiger partial charge in [-0.05, 0) is 31.2 Å². The second-order valence-corrected chi connectivity index (χ2v) is 7.27. The predicted octanol–water partition coefficient (Wildman–Crippen LogP) is 2.53. The van der Waals surface area contributed by atoms with Crippen molar-refractivity contribution in [2.45, 2.75) is 38.5 Å². The van der Waals surface area contributed by atoms with Gasteiger partial charge in [0.05, 0.1) is 18.7 Å². The van der Waals surface area contributed by atoms with Crippen LogP contribution in [-0.2, 0) is 6.54 Å². The summed E-state index contributed by atoms with van der Waals surface area (Å²) in [4.78, 5) is 17.6. The van der Waals surface area contributed by atoms with E-state index < -0.39 is 0 Å². The van der Waals surface area contributed by atoms with Gasteiger partial charge in [0, 0.05) is 31.1 Å². The molecule has 1 aliphatic rings. The Labute approximate surface area is 145 Å². The van der Waals surface area contributed by atoms with Gasteiger partial charge in [0.2, 0.25) is 0 Å². The van der Waals surface area contributed by atoms with E-state index >= 15 is 0 Å². The third-order valence-electron chi connectivity index (χ3n) is 4.57. The molecule has 1 atom stereocenters. The Morgan fingerprint density at radius 2 is 2.29 bits per heavy atom. The van der Waals surface area contributed by atoms with Crippen molar-refractivity contribution in [1.29, 1.82) is 0 Å². The minimum atomic E-state index is -0.194. The standard InChI is InChI=1S/C17H23N3O3S/c1-12(16-4-3-9-24-16)19(2)17(22)15-10-14(23-18-15)11-20-7-5-13(21)6-8-20/h3-4,9-10,12-13,21H,5-8,11H2,1-2H3. The number of hydrogen-bond acceptors (Lipinski definition) is 6. The quantitative estimate of drug-likeness (QED) is 0.898. The Morgan fingerprint density at radius 3 is 2.96 bits per heavy atom. The smallest absolute Gasteiger partial charge is 0.276 e. The van der Waals surface area contributed by atoms with Crippen LogP contribution in [-0.4, -0.2) is 52.2 Å². The highest BCUT2D eigenvalue weighted by Crippen LogP contribution is 2.25. The third kappa shape index (κ3) is 3.85. The molecule has 130 valence electrons. The van der Waals surface area contributed by atoms with Gasteiger partial charge in [0.1, 0.15) is 0 Å². The first-order valence-electron chi connectivity index (χ1n) is 8.21. The van der Waals surface area contributed by atoms with Crippen LogP contribution in [0, 0.1) is 0 Å². The zero-order chi connectivity index (χ0) is 17.1. The van der Waals surface area contributed by atoms with Gasteiger partial charge >= 0.3 is 0 Å². The zero-order valence-corrected chi connectivity index (χ0v) is 14.8. The third-order valence-corrected chi connectivity index (χ3v) is 5.61. The Bertz CT molecular complexity index is 662. The van der Waals surface area contributed by atoms with Crippen molar-refractivity contribution in [2.24, 2.45) is 0 Å². The van der Waals surface area contributed by atoms with Crippen LogP contribution >= 0.6 is 11.3 Å². The number of thiophene rings is 1. The molecule has 1 aliphatic heterocycles. The molecular weight excluding hydrogens is 326 g/mol. The van der Waals surface area contributed by atoms with Crippen molar-refractivity contribution in [3.8, 4) is 0 Å². The van der Waals surface area contributed by atoms with E-state index in [1.54, 1.807) is 29.4 Å². The van der Waals surface area contributed by atoms with E-state index in [1.165, 1.54) is 0 Å². The molecule has 2 aromatic rings. The highest BCUT2D eigenvalue weighted by Gasteiger charge is 2.24. The Balaban J connectivity index is 1.61. The number of amides is 1. The summed E-state index contributed by atoms with van der Waals surface area (Å²) in [5, 5.41) is 15.5. The minimum absolute atomic E-state index is 0.00114. The number of carbonyl (C=O) groups excluding carboxylic acids is 1. The van der Waals surface area contributed by atoms with Crippen LogP contribution in [0.5, 0.6) is 0 Å². The van der Waals surface area contributed by atoms with E-state index in [-0.39, 0.29) is 18.1 Å². The maximum absolute atomic E-state index is 12.6. The fourth-order valence-corrected chi connectivity index (χ4v) is 3.69. The molecule has 0 aliphatic carbocycles. The lowest BCUT2D eigenvalue weighted by atomic mass is 10.1. The van der Waals surface area contributed by atoms with Crippen LogP contribution in [0.2, 0.25) is 0 Å². The zero-order valence-electron chi connectivity index (χ0n) is 14.0. The van der Waals surface area contributed by atoms with Gasteiger partial charge in [-0.1, -0.05) is 11.2 Å². The van der Waals surface area contributed by atoms with Crippen LogP contribution < -0.4 is 0 Å². The lowest BCUT2D eigenvalue weighted by Crippen LogP contribution is -2.35. The number of aliphatic hydroxyl groups is 1. The fraction of sp³-hybridized carbons (Fsp3) is 0.529. The van der Waals surface area contributed by atoms with E-state index in [2.05, 4.69) is 10.1 Å². The molecule has 0 radical (unpaired) electrons. The summed E-state index contributed by atoms with van der Waals surface area (Å²) in [5.74, 6) is 0.548. The molecule has 1 unspecified atom stereocenters. The van der Waals surface area contributed by atoms with Crippen molar-refractivity contribution in [1.82, 2.24) is 15.0 Å². The van der Waals surface area contributed by atoms with Gasteiger partial charge in [0.25, 0.3) is 5.91 Å². The van der Waals surface area contributed by atoms with Gasteiger partial charge in [-0.2, -0.15) is 0 Å². The first-order chi connectivity index (χ1) is 11.5. The van der Waals surface area contributed by atoms with Crippen LogP contribution in [0.3, 0.4) is 0 Å². The summed E-state index contributed by atoms with van der Waals surface area (Å²) < 4.78 is 5.34. The molecular formula is C17H23N3O3S. The molecule has 0 spiro atoms. The Morgan fingerprint density at radius 1 is 1.54 bits per heavy atom. The maximum Gasteiger partial charge on any atom is 0.276 e. The average molecular weight is 349 g/mol. The lowest BCUT2D eigenvalue weighted by molar-refractivity contribution is 0.0726. The van der Waals surface area contributed by atoms with Crippen LogP contribution in [0.15, 0.2) is 28.1 Å². The van der Waals surface area contributed by atoms with Crippen LogP contribution in [0.25, 0.3) is 0 Å². The number of hydrogen-bond donors (Lipinski definition) is 1. The van der Waals surface area contributed by atoms with Gasteiger partial charge in [0.15, 0.2) is 11.5 Å². The molecule has 1 N–H and O–H groups in total. The molecule has 7 heteroatoms. The number of likely N-dealkylation sites (tertiary alicyclic amines) is 1. The molecule has 0 aromatic carbocycles. The Hall–Kier alpha value is -1.70. The molecule has 6 nitrogen and oxygen atoms in total. The summed E-state index contributed by atoms with van der Waals surface area (Å²) in [6.45, 7) is 4.29. The molecule has 3 rings (SSSR count). The number of carbonyl (C=O) groups is 1. The van der Waals surface area contributed by atoms with E-state index in [9.17, 15) is 9.90 Å². The van der Waals surface area contributed by atoms with Crippen LogP contribution in [0.4, 0.5) is 0 Å². The maximum atomic E-state index is 12.6. The Kier molecular flexibility index (Phi) is 5.33. The SMILES string of the molecule is CC(c1cccs1)N(C)C(=O)c1cc(CN2CCC(O)CC2)on1. The molecule has 24 heavy (non-hydrogen) atoms. The molecule has 1 saturated heterocycles. The van der Waals surface area contributed by atoms with Gasteiger partial charge in [-0.3, -0.25) is 9.69 Å². The molecule has 3 heterocycles. The average Bonchev–Trinajstić information content (AvgIpc) is 3.26. The highest BCUT2D eigenvalue weighted by molar-refractivity contribution is 7.10. The van der Waals surface area contributed by atoms with E-state index in [0.29, 0.717) is 18.0 Å². The van der Waals surface area contributed by atoms with Crippen LogP contribution in [0.1, 0.15) is 46.9 Å². The second kappa shape index (κ2) is 7.46. The topological polar surface area (TPSA) is 69.8 Å². The van der Waals surface area contributed by atoms with E-state index in [0.717, 1.165) is 30.8 Å². The second-order valence-electron chi connectivity index (χ2n) is 6.29. The lowest BCUT2D eigenvalue weighted by Gasteiger charge is -2.28. The van der Waals surface area contributed by atoms with Gasteiger partial charge in [-0.25, -0.2) is 0 Å². The van der Waals surface area contributed by atoms with Crippen molar-refractivity contribution >= 4 is 17.2 Å². The number of nitrogens with zero attached hydrogens (tertiary/aromatic N) is 3. The van der Waals surface area contributed by atoms with Gasteiger partial charge in [-0.15, -0.1) is 11.3 Å². The summed E-state index contributed by atoms with van der Waals surface area (Å²) in [6, 6.07) is 5.74. The molecule has 1 fully saturated rings. The molecule has 0 bridgehead atoms. The normalized spacial score (nSPS) is 17.8. The van der Waals surface area contributed by atoms with E-state index in [4.69, 9.17) is 4.52 Å². The number of aliphatic hydroxyl groups excluding tert-OH is 1. The minimum Gasteiger partial charge on any atom is -0.393 e.